The summed E-state index contributed by atoms with van der Waals surface area (Å²) in [5.74, 6) is 1.03. The standard InChI is InChI=1S/C16H20O/c1-10(2)14-9-15-12-7-5-6-8-13(12)16(14,17-15)11(3)4/h5-11,15H,1-4H3. The lowest BCUT2D eigenvalue weighted by Crippen LogP contribution is -2.34. The average Bonchev–Trinajstić information content (AvgIpc) is 2.84. The second-order valence-corrected chi connectivity index (χ2v) is 5.79. The lowest BCUT2D eigenvalue weighted by molar-refractivity contribution is -0.0457. The molecule has 0 saturated carbocycles. The van der Waals surface area contributed by atoms with Gasteiger partial charge in [0.25, 0.3) is 0 Å². The van der Waals surface area contributed by atoms with Crippen LogP contribution in [0.1, 0.15) is 44.9 Å². The number of fused-ring (bicyclic) bond motifs is 5. The van der Waals surface area contributed by atoms with Gasteiger partial charge in [0.05, 0.1) is 0 Å². The van der Waals surface area contributed by atoms with Gasteiger partial charge in [-0.1, -0.05) is 52.0 Å². The van der Waals surface area contributed by atoms with Crippen LogP contribution < -0.4 is 0 Å². The van der Waals surface area contributed by atoms with E-state index < -0.39 is 0 Å². The Morgan fingerprint density at radius 1 is 1.12 bits per heavy atom. The molecule has 2 unspecified atom stereocenters. The van der Waals surface area contributed by atoms with E-state index in [1.54, 1.807) is 0 Å². The quantitative estimate of drug-likeness (QED) is 0.689. The largest absolute Gasteiger partial charge is 0.354 e. The fraction of sp³-hybridized carbons (Fsp3) is 0.500. The minimum atomic E-state index is -0.157. The normalized spacial score (nSPS) is 30.0. The molecule has 0 spiro atoms. The first-order valence-electron chi connectivity index (χ1n) is 6.56. The third kappa shape index (κ3) is 1.23. The molecular weight excluding hydrogens is 208 g/mol. The van der Waals surface area contributed by atoms with Gasteiger partial charge in [0.1, 0.15) is 11.7 Å². The molecule has 0 saturated heterocycles. The molecule has 0 radical (unpaired) electrons. The van der Waals surface area contributed by atoms with Gasteiger partial charge in [0.15, 0.2) is 0 Å². The zero-order chi connectivity index (χ0) is 12.2. The summed E-state index contributed by atoms with van der Waals surface area (Å²) in [7, 11) is 0. The van der Waals surface area contributed by atoms with E-state index in [4.69, 9.17) is 4.74 Å². The highest BCUT2D eigenvalue weighted by atomic mass is 16.5. The Labute approximate surface area is 103 Å². The van der Waals surface area contributed by atoms with Crippen LogP contribution in [0.15, 0.2) is 35.9 Å². The van der Waals surface area contributed by atoms with Gasteiger partial charge in [-0.3, -0.25) is 0 Å². The van der Waals surface area contributed by atoms with Crippen LogP contribution in [0.4, 0.5) is 0 Å². The van der Waals surface area contributed by atoms with Gasteiger partial charge in [-0.05, 0) is 34.6 Å². The van der Waals surface area contributed by atoms with Gasteiger partial charge >= 0.3 is 0 Å². The van der Waals surface area contributed by atoms with Crippen molar-refractivity contribution in [3.63, 3.8) is 0 Å². The molecule has 0 fully saturated rings. The van der Waals surface area contributed by atoms with Gasteiger partial charge in [0.2, 0.25) is 0 Å². The molecule has 2 aliphatic heterocycles. The average molecular weight is 228 g/mol. The van der Waals surface area contributed by atoms with Crippen molar-refractivity contribution in [3.05, 3.63) is 47.0 Å². The maximum absolute atomic E-state index is 6.37. The van der Waals surface area contributed by atoms with Gasteiger partial charge in [-0.15, -0.1) is 0 Å². The van der Waals surface area contributed by atoms with Crippen molar-refractivity contribution in [2.24, 2.45) is 11.8 Å². The highest BCUT2D eigenvalue weighted by Crippen LogP contribution is 2.59. The Morgan fingerprint density at radius 3 is 2.47 bits per heavy atom. The van der Waals surface area contributed by atoms with Gasteiger partial charge < -0.3 is 4.74 Å². The second kappa shape index (κ2) is 3.46. The number of benzene rings is 1. The number of ether oxygens (including phenoxy) is 1. The van der Waals surface area contributed by atoms with Crippen molar-refractivity contribution in [2.75, 3.05) is 0 Å². The highest BCUT2D eigenvalue weighted by molar-refractivity contribution is 5.52. The molecule has 0 amide bonds. The number of rotatable bonds is 2. The number of hydrogen-bond acceptors (Lipinski definition) is 1. The fourth-order valence-corrected chi connectivity index (χ4v) is 3.45. The Hall–Kier alpha value is -1.08. The zero-order valence-electron chi connectivity index (χ0n) is 11.0. The van der Waals surface area contributed by atoms with Crippen molar-refractivity contribution in [1.82, 2.24) is 0 Å². The zero-order valence-corrected chi connectivity index (χ0v) is 11.0. The molecule has 0 aliphatic carbocycles. The minimum absolute atomic E-state index is 0.157. The highest BCUT2D eigenvalue weighted by Gasteiger charge is 2.53. The molecule has 0 N–H and O–H groups in total. The topological polar surface area (TPSA) is 9.23 Å². The fourth-order valence-electron chi connectivity index (χ4n) is 3.45. The lowest BCUT2D eigenvalue weighted by atomic mass is 9.71. The molecule has 17 heavy (non-hydrogen) atoms. The van der Waals surface area contributed by atoms with Crippen molar-refractivity contribution < 1.29 is 4.74 Å². The molecule has 1 aromatic carbocycles. The molecule has 1 aromatic rings. The van der Waals surface area contributed by atoms with Gasteiger partial charge in [-0.2, -0.15) is 0 Å². The van der Waals surface area contributed by atoms with Crippen LogP contribution in [0.5, 0.6) is 0 Å². The predicted octanol–water partition coefficient (Wildman–Crippen LogP) is 4.21. The lowest BCUT2D eigenvalue weighted by Gasteiger charge is -2.36. The van der Waals surface area contributed by atoms with E-state index in [-0.39, 0.29) is 11.7 Å². The minimum Gasteiger partial charge on any atom is -0.354 e. The van der Waals surface area contributed by atoms with Crippen molar-refractivity contribution in [2.45, 2.75) is 39.4 Å². The molecule has 0 aromatic heterocycles. The summed E-state index contributed by atoms with van der Waals surface area (Å²) in [5.41, 5.74) is 4.07. The molecule has 2 aliphatic rings. The van der Waals surface area contributed by atoms with E-state index in [0.717, 1.165) is 0 Å². The Morgan fingerprint density at radius 2 is 1.82 bits per heavy atom. The van der Waals surface area contributed by atoms with Crippen LogP contribution in [0, 0.1) is 11.8 Å². The molecule has 1 heteroatoms. The van der Waals surface area contributed by atoms with Crippen LogP contribution in [-0.2, 0) is 10.3 Å². The maximum atomic E-state index is 6.37. The van der Waals surface area contributed by atoms with E-state index in [1.807, 2.05) is 0 Å². The second-order valence-electron chi connectivity index (χ2n) is 5.79. The molecular formula is C16H20O. The molecule has 2 heterocycles. The Kier molecular flexibility index (Phi) is 2.24. The first kappa shape index (κ1) is 11.0. The number of hydrogen-bond donors (Lipinski definition) is 0. The third-order valence-electron chi connectivity index (χ3n) is 4.18. The molecule has 90 valence electrons. The van der Waals surface area contributed by atoms with Crippen LogP contribution in [0.2, 0.25) is 0 Å². The van der Waals surface area contributed by atoms with Gasteiger partial charge in [0, 0.05) is 0 Å². The summed E-state index contributed by atoms with van der Waals surface area (Å²) in [6, 6.07) is 8.69. The maximum Gasteiger partial charge on any atom is 0.118 e. The molecule has 3 rings (SSSR count). The van der Waals surface area contributed by atoms with E-state index in [0.29, 0.717) is 11.8 Å². The van der Waals surface area contributed by atoms with E-state index in [2.05, 4.69) is 58.0 Å². The summed E-state index contributed by atoms with van der Waals surface area (Å²) in [5, 5.41) is 0. The SMILES string of the molecule is CC(C)C1=CC2OC1(C(C)C)c1ccccc12. The molecule has 2 atom stereocenters. The van der Waals surface area contributed by atoms with Crippen LogP contribution in [0.3, 0.4) is 0 Å². The third-order valence-corrected chi connectivity index (χ3v) is 4.18. The van der Waals surface area contributed by atoms with Gasteiger partial charge in [-0.25, -0.2) is 0 Å². The Bertz CT molecular complexity index is 484. The van der Waals surface area contributed by atoms with Crippen molar-refractivity contribution >= 4 is 0 Å². The summed E-state index contributed by atoms with van der Waals surface area (Å²) >= 11 is 0. The monoisotopic (exact) mass is 228 g/mol. The van der Waals surface area contributed by atoms with Crippen molar-refractivity contribution in [1.29, 1.82) is 0 Å². The summed E-state index contributed by atoms with van der Waals surface area (Å²) in [4.78, 5) is 0. The summed E-state index contributed by atoms with van der Waals surface area (Å²) in [6.45, 7) is 9.06. The Balaban J connectivity index is 2.22. The molecule has 2 bridgehead atoms. The van der Waals surface area contributed by atoms with E-state index >= 15 is 0 Å². The van der Waals surface area contributed by atoms with Crippen LogP contribution in [-0.4, -0.2) is 0 Å². The van der Waals surface area contributed by atoms with Crippen LogP contribution >= 0.6 is 0 Å². The molecule has 1 nitrogen and oxygen atoms in total. The first-order valence-corrected chi connectivity index (χ1v) is 6.56. The first-order chi connectivity index (χ1) is 8.07. The van der Waals surface area contributed by atoms with Crippen molar-refractivity contribution in [3.8, 4) is 0 Å². The summed E-state index contributed by atoms with van der Waals surface area (Å²) < 4.78 is 6.37. The predicted molar refractivity (Wildman–Crippen MR) is 69.7 cm³/mol. The van der Waals surface area contributed by atoms with Crippen LogP contribution in [0.25, 0.3) is 0 Å². The summed E-state index contributed by atoms with van der Waals surface area (Å²) in [6.07, 6.45) is 2.53. The smallest absolute Gasteiger partial charge is 0.118 e. The van der Waals surface area contributed by atoms with E-state index in [9.17, 15) is 0 Å². The van der Waals surface area contributed by atoms with E-state index in [1.165, 1.54) is 16.7 Å².